The van der Waals surface area contributed by atoms with E-state index in [1.165, 1.54) is 19.0 Å². The molecule has 1 aliphatic heterocycles. The van der Waals surface area contributed by atoms with Crippen molar-refractivity contribution in [1.29, 1.82) is 0 Å². The molecule has 0 radical (unpaired) electrons. The molecular weight excluding hydrogens is 438 g/mol. The van der Waals surface area contributed by atoms with E-state index in [-0.39, 0.29) is 18.0 Å². The molecular formula is C25H26ClN5O2. The van der Waals surface area contributed by atoms with Crippen LogP contribution in [0.1, 0.15) is 34.8 Å². The van der Waals surface area contributed by atoms with E-state index in [0.29, 0.717) is 22.1 Å². The van der Waals surface area contributed by atoms with Crippen LogP contribution in [0.3, 0.4) is 0 Å². The highest BCUT2D eigenvalue weighted by atomic mass is 35.5. The molecule has 33 heavy (non-hydrogen) atoms. The molecule has 3 N–H and O–H groups in total. The van der Waals surface area contributed by atoms with Gasteiger partial charge in [-0.2, -0.15) is 0 Å². The number of carbonyl (C=O) groups excluding carboxylic acids is 2. The minimum absolute atomic E-state index is 0.133. The predicted molar refractivity (Wildman–Crippen MR) is 131 cm³/mol. The smallest absolute Gasteiger partial charge is 0.319 e. The third-order valence-corrected chi connectivity index (χ3v) is 5.72. The van der Waals surface area contributed by atoms with E-state index < -0.39 is 0 Å². The average Bonchev–Trinajstić information content (AvgIpc) is 3.34. The molecule has 0 spiro atoms. The van der Waals surface area contributed by atoms with E-state index in [2.05, 4.69) is 25.8 Å². The van der Waals surface area contributed by atoms with E-state index in [1.54, 1.807) is 36.4 Å². The summed E-state index contributed by atoms with van der Waals surface area (Å²) in [6, 6.07) is 19.6. The van der Waals surface area contributed by atoms with E-state index in [1.807, 2.05) is 30.3 Å². The summed E-state index contributed by atoms with van der Waals surface area (Å²) in [5.41, 5.74) is 1.99. The Hall–Kier alpha value is -3.42. The number of hydrogen-bond donors (Lipinski definition) is 3. The standard InChI is InChI=1S/C25H26ClN5O2/c26-20-11-12-23(27-16-20)30-24(32)19-9-6-10-21(15-19)28-25(33)29-22(17-31-13-4-5-14-31)18-7-2-1-3-8-18/h1-3,6-12,15-16,22H,4-5,13-14,17H2,(H,27,30,32)(H2,28,29,33)/t22-/m1/s1. The van der Waals surface area contributed by atoms with Gasteiger partial charge in [0.15, 0.2) is 0 Å². The van der Waals surface area contributed by atoms with Crippen LogP contribution in [0.25, 0.3) is 0 Å². The Morgan fingerprint density at radius 2 is 1.76 bits per heavy atom. The molecule has 1 aliphatic rings. The molecule has 0 aliphatic carbocycles. The monoisotopic (exact) mass is 463 g/mol. The van der Waals surface area contributed by atoms with E-state index in [0.717, 1.165) is 25.2 Å². The second-order valence-corrected chi connectivity index (χ2v) is 8.40. The molecule has 8 heteroatoms. The number of benzene rings is 2. The Kier molecular flexibility index (Phi) is 7.55. The van der Waals surface area contributed by atoms with E-state index >= 15 is 0 Å². The number of hydrogen-bond acceptors (Lipinski definition) is 4. The number of halogens is 1. The van der Waals surface area contributed by atoms with Crippen LogP contribution in [0.4, 0.5) is 16.3 Å². The van der Waals surface area contributed by atoms with Gasteiger partial charge >= 0.3 is 6.03 Å². The van der Waals surface area contributed by atoms with Gasteiger partial charge in [-0.25, -0.2) is 9.78 Å². The maximum Gasteiger partial charge on any atom is 0.319 e. The lowest BCUT2D eigenvalue weighted by Gasteiger charge is -2.25. The molecule has 0 bridgehead atoms. The van der Waals surface area contributed by atoms with Crippen molar-refractivity contribution in [2.24, 2.45) is 0 Å². The summed E-state index contributed by atoms with van der Waals surface area (Å²) in [5.74, 6) is 0.0678. The Labute approximate surface area is 198 Å². The van der Waals surface area contributed by atoms with Gasteiger partial charge in [-0.15, -0.1) is 0 Å². The summed E-state index contributed by atoms with van der Waals surface area (Å²) in [4.78, 5) is 31.8. The van der Waals surface area contributed by atoms with Crippen LogP contribution in [0, 0.1) is 0 Å². The van der Waals surface area contributed by atoms with Crippen molar-refractivity contribution in [3.05, 3.63) is 89.1 Å². The van der Waals surface area contributed by atoms with Crippen molar-refractivity contribution in [2.45, 2.75) is 18.9 Å². The fraction of sp³-hybridized carbons (Fsp3) is 0.240. The normalized spacial score (nSPS) is 14.5. The third kappa shape index (κ3) is 6.54. The summed E-state index contributed by atoms with van der Waals surface area (Å²) >= 11 is 5.83. The zero-order valence-electron chi connectivity index (χ0n) is 18.1. The maximum atomic E-state index is 12.8. The first-order chi connectivity index (χ1) is 16.1. The number of rotatable bonds is 7. The largest absolute Gasteiger partial charge is 0.330 e. The first kappa shape index (κ1) is 22.8. The summed E-state index contributed by atoms with van der Waals surface area (Å²) in [5, 5.41) is 9.15. The first-order valence-electron chi connectivity index (χ1n) is 10.9. The summed E-state index contributed by atoms with van der Waals surface area (Å²) < 4.78 is 0. The molecule has 1 atom stereocenters. The van der Waals surface area contributed by atoms with Gasteiger partial charge in [0.2, 0.25) is 0 Å². The molecule has 0 unspecified atom stereocenters. The zero-order chi connectivity index (χ0) is 23.0. The lowest BCUT2D eigenvalue weighted by molar-refractivity contribution is 0.102. The van der Waals surface area contributed by atoms with Gasteiger partial charge in [-0.1, -0.05) is 48.0 Å². The zero-order valence-corrected chi connectivity index (χ0v) is 18.9. The van der Waals surface area contributed by atoms with Gasteiger partial charge in [0, 0.05) is 24.0 Å². The third-order valence-electron chi connectivity index (χ3n) is 5.50. The predicted octanol–water partition coefficient (Wildman–Crippen LogP) is 4.95. The molecule has 2 aromatic carbocycles. The summed E-state index contributed by atoms with van der Waals surface area (Å²) in [6.07, 6.45) is 3.84. The van der Waals surface area contributed by atoms with Crippen LogP contribution < -0.4 is 16.0 Å². The first-order valence-corrected chi connectivity index (χ1v) is 11.3. The SMILES string of the molecule is O=C(Nc1cccc(C(=O)Nc2ccc(Cl)cn2)c1)N[C@H](CN1CCCC1)c1ccccc1. The highest BCUT2D eigenvalue weighted by Crippen LogP contribution is 2.19. The van der Waals surface area contributed by atoms with Gasteiger partial charge in [-0.3, -0.25) is 4.79 Å². The van der Waals surface area contributed by atoms with Crippen molar-refractivity contribution >= 4 is 35.0 Å². The molecule has 7 nitrogen and oxygen atoms in total. The minimum atomic E-state index is -0.329. The van der Waals surface area contributed by atoms with Crippen LogP contribution in [-0.2, 0) is 0 Å². The molecule has 1 aromatic heterocycles. The van der Waals surface area contributed by atoms with Crippen molar-refractivity contribution < 1.29 is 9.59 Å². The number of nitrogens with zero attached hydrogens (tertiary/aromatic N) is 2. The Bertz CT molecular complexity index is 1090. The van der Waals surface area contributed by atoms with Gasteiger partial charge in [0.25, 0.3) is 5.91 Å². The number of likely N-dealkylation sites (tertiary alicyclic amines) is 1. The van der Waals surface area contributed by atoms with Gasteiger partial charge in [0.05, 0.1) is 11.1 Å². The van der Waals surface area contributed by atoms with Crippen LogP contribution in [-0.4, -0.2) is 41.5 Å². The van der Waals surface area contributed by atoms with Gasteiger partial charge in [-0.05, 0) is 61.8 Å². The molecule has 3 amide bonds. The lowest BCUT2D eigenvalue weighted by atomic mass is 10.1. The molecule has 170 valence electrons. The van der Waals surface area contributed by atoms with Crippen LogP contribution >= 0.6 is 11.6 Å². The van der Waals surface area contributed by atoms with Gasteiger partial charge < -0.3 is 20.9 Å². The number of anilines is 2. The average molecular weight is 464 g/mol. The van der Waals surface area contributed by atoms with Crippen molar-refractivity contribution in [3.8, 4) is 0 Å². The topological polar surface area (TPSA) is 86.4 Å². The molecule has 2 heterocycles. The Balaban J connectivity index is 1.40. The lowest BCUT2D eigenvalue weighted by Crippen LogP contribution is -2.39. The van der Waals surface area contributed by atoms with Crippen molar-refractivity contribution in [1.82, 2.24) is 15.2 Å². The second-order valence-electron chi connectivity index (χ2n) is 7.97. The number of carbonyl (C=O) groups is 2. The molecule has 3 aromatic rings. The quantitative estimate of drug-likeness (QED) is 0.463. The maximum absolute atomic E-state index is 12.8. The minimum Gasteiger partial charge on any atom is -0.330 e. The summed E-state index contributed by atoms with van der Waals surface area (Å²) in [6.45, 7) is 2.85. The van der Waals surface area contributed by atoms with Crippen LogP contribution in [0.2, 0.25) is 5.02 Å². The Morgan fingerprint density at radius 1 is 0.970 bits per heavy atom. The van der Waals surface area contributed by atoms with Crippen molar-refractivity contribution in [3.63, 3.8) is 0 Å². The fourth-order valence-electron chi connectivity index (χ4n) is 3.84. The number of pyridine rings is 1. The molecule has 0 saturated carbocycles. The molecule has 1 fully saturated rings. The van der Waals surface area contributed by atoms with E-state index in [9.17, 15) is 9.59 Å². The van der Waals surface area contributed by atoms with Crippen LogP contribution in [0.15, 0.2) is 72.9 Å². The Morgan fingerprint density at radius 3 is 2.48 bits per heavy atom. The van der Waals surface area contributed by atoms with Crippen molar-refractivity contribution in [2.75, 3.05) is 30.3 Å². The molecule has 4 rings (SSSR count). The number of aromatic nitrogens is 1. The fourth-order valence-corrected chi connectivity index (χ4v) is 3.96. The highest BCUT2D eigenvalue weighted by Gasteiger charge is 2.21. The highest BCUT2D eigenvalue weighted by molar-refractivity contribution is 6.30. The number of amides is 3. The summed E-state index contributed by atoms with van der Waals surface area (Å²) in [7, 11) is 0. The molecule has 1 saturated heterocycles. The number of nitrogens with one attached hydrogen (secondary N) is 3. The number of urea groups is 1. The van der Waals surface area contributed by atoms with E-state index in [4.69, 9.17) is 11.6 Å². The second kappa shape index (κ2) is 10.9. The van der Waals surface area contributed by atoms with Crippen LogP contribution in [0.5, 0.6) is 0 Å². The van der Waals surface area contributed by atoms with Gasteiger partial charge in [0.1, 0.15) is 5.82 Å².